The lowest BCUT2D eigenvalue weighted by Gasteiger charge is -2.20. The van der Waals surface area contributed by atoms with Crippen LogP contribution in [0.1, 0.15) is 18.9 Å². The molecule has 0 aliphatic carbocycles. The second kappa shape index (κ2) is 9.36. The van der Waals surface area contributed by atoms with Gasteiger partial charge in [-0.15, -0.1) is 0 Å². The van der Waals surface area contributed by atoms with Crippen LogP contribution in [0, 0.1) is 12.8 Å². The lowest BCUT2D eigenvalue weighted by atomic mass is 10.1. The zero-order valence-corrected chi connectivity index (χ0v) is 16.1. The van der Waals surface area contributed by atoms with E-state index in [1.807, 2.05) is 19.1 Å². The summed E-state index contributed by atoms with van der Waals surface area (Å²) in [5, 5.41) is 2.61. The minimum atomic E-state index is -0.938. The fraction of sp³-hybridized carbons (Fsp3) is 0.526. The minimum Gasteiger partial charge on any atom is -0.495 e. The molecule has 1 N–H and O–H groups in total. The van der Waals surface area contributed by atoms with E-state index in [-0.39, 0.29) is 18.9 Å². The van der Waals surface area contributed by atoms with Gasteiger partial charge in [0, 0.05) is 26.6 Å². The molecule has 0 saturated carbocycles. The van der Waals surface area contributed by atoms with Crippen molar-refractivity contribution in [2.24, 2.45) is 5.92 Å². The summed E-state index contributed by atoms with van der Waals surface area (Å²) in [5.74, 6) is -1.21. The van der Waals surface area contributed by atoms with E-state index in [0.717, 1.165) is 5.56 Å². The Morgan fingerprint density at radius 1 is 1.33 bits per heavy atom. The Labute approximate surface area is 158 Å². The van der Waals surface area contributed by atoms with Gasteiger partial charge in [-0.3, -0.25) is 14.4 Å². The SMILES string of the molecule is COCCNC(=O)[C@@H](C)OC(=O)[C@@H]1CC(=O)N(c2cc(C)ccc2OC)C1. The second-order valence-electron chi connectivity index (χ2n) is 6.44. The smallest absolute Gasteiger partial charge is 0.312 e. The van der Waals surface area contributed by atoms with Crippen molar-refractivity contribution in [2.45, 2.75) is 26.4 Å². The number of hydrogen-bond donors (Lipinski definition) is 1. The normalized spacial score (nSPS) is 17.6. The quantitative estimate of drug-likeness (QED) is 0.537. The predicted molar refractivity (Wildman–Crippen MR) is 98.6 cm³/mol. The Balaban J connectivity index is 1.99. The molecule has 2 amide bonds. The molecule has 0 aromatic heterocycles. The van der Waals surface area contributed by atoms with Gasteiger partial charge in [0.05, 0.1) is 25.3 Å². The van der Waals surface area contributed by atoms with Gasteiger partial charge in [-0.25, -0.2) is 0 Å². The Bertz CT molecular complexity index is 705. The monoisotopic (exact) mass is 378 g/mol. The first-order chi connectivity index (χ1) is 12.9. The third-order valence-corrected chi connectivity index (χ3v) is 4.35. The van der Waals surface area contributed by atoms with Crippen molar-refractivity contribution < 1.29 is 28.6 Å². The van der Waals surface area contributed by atoms with Crippen LogP contribution in [0.4, 0.5) is 5.69 Å². The van der Waals surface area contributed by atoms with Gasteiger partial charge < -0.3 is 24.4 Å². The van der Waals surface area contributed by atoms with Crippen LogP contribution >= 0.6 is 0 Å². The number of carbonyl (C=O) groups excluding carboxylic acids is 3. The number of anilines is 1. The molecule has 148 valence electrons. The van der Waals surface area contributed by atoms with Crippen molar-refractivity contribution >= 4 is 23.5 Å². The van der Waals surface area contributed by atoms with Crippen molar-refractivity contribution in [3.05, 3.63) is 23.8 Å². The molecule has 1 aliphatic rings. The van der Waals surface area contributed by atoms with Gasteiger partial charge >= 0.3 is 5.97 Å². The largest absolute Gasteiger partial charge is 0.495 e. The minimum absolute atomic E-state index is 0.0357. The molecule has 1 aliphatic heterocycles. The van der Waals surface area contributed by atoms with E-state index >= 15 is 0 Å². The molecular formula is C19H26N2O6. The molecule has 2 atom stereocenters. The molecule has 27 heavy (non-hydrogen) atoms. The van der Waals surface area contributed by atoms with Gasteiger partial charge in [0.1, 0.15) is 5.75 Å². The number of nitrogens with one attached hydrogen (secondary N) is 1. The number of carbonyl (C=O) groups is 3. The molecule has 1 heterocycles. The Kier molecular flexibility index (Phi) is 7.18. The van der Waals surface area contributed by atoms with Crippen LogP contribution in [0.3, 0.4) is 0 Å². The summed E-state index contributed by atoms with van der Waals surface area (Å²) in [6, 6.07) is 5.52. The average molecular weight is 378 g/mol. The van der Waals surface area contributed by atoms with E-state index < -0.39 is 23.9 Å². The highest BCUT2D eigenvalue weighted by Gasteiger charge is 2.38. The molecule has 0 spiro atoms. The highest BCUT2D eigenvalue weighted by atomic mass is 16.5. The molecule has 1 aromatic rings. The van der Waals surface area contributed by atoms with E-state index in [4.69, 9.17) is 14.2 Å². The molecule has 2 rings (SSSR count). The first-order valence-corrected chi connectivity index (χ1v) is 8.79. The van der Waals surface area contributed by atoms with E-state index in [0.29, 0.717) is 24.6 Å². The van der Waals surface area contributed by atoms with Crippen LogP contribution < -0.4 is 15.0 Å². The number of methoxy groups -OCH3 is 2. The number of aryl methyl sites for hydroxylation is 1. The highest BCUT2D eigenvalue weighted by Crippen LogP contribution is 2.34. The molecule has 8 heteroatoms. The van der Waals surface area contributed by atoms with Crippen LogP contribution in [0.15, 0.2) is 18.2 Å². The summed E-state index contributed by atoms with van der Waals surface area (Å²) in [4.78, 5) is 38.3. The fourth-order valence-electron chi connectivity index (χ4n) is 2.85. The zero-order valence-electron chi connectivity index (χ0n) is 16.1. The third kappa shape index (κ3) is 5.19. The maximum atomic E-state index is 12.4. The first kappa shape index (κ1) is 20.7. The molecule has 0 unspecified atom stereocenters. The van der Waals surface area contributed by atoms with Crippen molar-refractivity contribution in [1.82, 2.24) is 5.32 Å². The van der Waals surface area contributed by atoms with Crippen LogP contribution in [0.2, 0.25) is 0 Å². The van der Waals surface area contributed by atoms with E-state index in [9.17, 15) is 14.4 Å². The van der Waals surface area contributed by atoms with Crippen LogP contribution in [-0.2, 0) is 23.9 Å². The van der Waals surface area contributed by atoms with Gasteiger partial charge in [0.25, 0.3) is 5.91 Å². The Hall–Kier alpha value is -2.61. The van der Waals surface area contributed by atoms with Gasteiger partial charge in [0.15, 0.2) is 6.10 Å². The maximum Gasteiger partial charge on any atom is 0.312 e. The number of amides is 2. The Morgan fingerprint density at radius 2 is 2.07 bits per heavy atom. The topological polar surface area (TPSA) is 94.2 Å². The molecule has 1 fully saturated rings. The summed E-state index contributed by atoms with van der Waals surface area (Å²) >= 11 is 0. The fourth-order valence-corrected chi connectivity index (χ4v) is 2.85. The number of nitrogens with zero attached hydrogens (tertiary/aromatic N) is 1. The number of esters is 1. The van der Waals surface area contributed by atoms with E-state index in [1.54, 1.807) is 6.07 Å². The third-order valence-electron chi connectivity index (χ3n) is 4.35. The van der Waals surface area contributed by atoms with E-state index in [1.165, 1.54) is 26.0 Å². The predicted octanol–water partition coefficient (Wildman–Crippen LogP) is 1.05. The zero-order chi connectivity index (χ0) is 20.0. The highest BCUT2D eigenvalue weighted by molar-refractivity contribution is 6.00. The van der Waals surface area contributed by atoms with Crippen LogP contribution in [0.5, 0.6) is 5.75 Å². The van der Waals surface area contributed by atoms with Crippen molar-refractivity contribution in [3.8, 4) is 5.75 Å². The number of benzene rings is 1. The Morgan fingerprint density at radius 3 is 2.74 bits per heavy atom. The number of ether oxygens (including phenoxy) is 3. The van der Waals surface area contributed by atoms with Gasteiger partial charge in [-0.2, -0.15) is 0 Å². The summed E-state index contributed by atoms with van der Waals surface area (Å²) in [6.45, 7) is 4.31. The maximum absolute atomic E-state index is 12.4. The van der Waals surface area contributed by atoms with Crippen molar-refractivity contribution in [1.29, 1.82) is 0 Å². The number of rotatable bonds is 8. The van der Waals surface area contributed by atoms with E-state index in [2.05, 4.69) is 5.32 Å². The van der Waals surface area contributed by atoms with Crippen LogP contribution in [-0.4, -0.2) is 57.8 Å². The molecular weight excluding hydrogens is 352 g/mol. The molecule has 1 aromatic carbocycles. The molecule has 8 nitrogen and oxygen atoms in total. The van der Waals surface area contributed by atoms with Crippen molar-refractivity contribution in [2.75, 3.05) is 38.8 Å². The van der Waals surface area contributed by atoms with Gasteiger partial charge in [0.2, 0.25) is 5.91 Å². The lowest BCUT2D eigenvalue weighted by Crippen LogP contribution is -2.38. The average Bonchev–Trinajstić information content (AvgIpc) is 3.03. The van der Waals surface area contributed by atoms with Gasteiger partial charge in [-0.1, -0.05) is 6.07 Å². The summed E-state index contributed by atoms with van der Waals surface area (Å²) in [5.41, 5.74) is 1.61. The summed E-state index contributed by atoms with van der Waals surface area (Å²) < 4.78 is 15.4. The standard InChI is InChI=1S/C19H26N2O6/c1-12-5-6-16(26-4)15(9-12)21-11-14(10-17(21)22)19(24)27-13(2)18(23)20-7-8-25-3/h5-6,9,13-14H,7-8,10-11H2,1-4H3,(H,20,23)/t13-,14-/m1/s1. The molecule has 1 saturated heterocycles. The second-order valence-corrected chi connectivity index (χ2v) is 6.44. The van der Waals surface area contributed by atoms with Gasteiger partial charge in [-0.05, 0) is 31.5 Å². The molecule has 0 bridgehead atoms. The lowest BCUT2D eigenvalue weighted by molar-refractivity contribution is -0.158. The molecule has 0 radical (unpaired) electrons. The van der Waals surface area contributed by atoms with Crippen LogP contribution in [0.25, 0.3) is 0 Å². The first-order valence-electron chi connectivity index (χ1n) is 8.79. The van der Waals surface area contributed by atoms with Crippen molar-refractivity contribution in [3.63, 3.8) is 0 Å². The number of hydrogen-bond acceptors (Lipinski definition) is 6. The summed E-state index contributed by atoms with van der Waals surface area (Å²) in [7, 11) is 3.06. The summed E-state index contributed by atoms with van der Waals surface area (Å²) in [6.07, 6.45) is -0.902.